The summed E-state index contributed by atoms with van der Waals surface area (Å²) in [5, 5.41) is 0. The van der Waals surface area contributed by atoms with Gasteiger partial charge in [-0.25, -0.2) is 9.18 Å². The summed E-state index contributed by atoms with van der Waals surface area (Å²) in [6, 6.07) is 0. The molecule has 0 heterocycles. The Bertz CT molecular complexity index is 99.5. The topological polar surface area (TPSA) is 43.4 Å². The van der Waals surface area contributed by atoms with Gasteiger partial charge in [0.1, 0.15) is 0 Å². The molecule has 4 heteroatoms. The Balaban J connectivity index is 3.48. The molecular weight excluding hydrogens is 115 g/mol. The van der Waals surface area contributed by atoms with E-state index in [1.54, 1.807) is 0 Å². The third-order valence-corrected chi connectivity index (χ3v) is 0.489. The second-order valence-electron chi connectivity index (χ2n) is 1.15. The van der Waals surface area contributed by atoms with Gasteiger partial charge in [-0.2, -0.15) is 0 Å². The molecule has 1 atom stereocenters. The van der Waals surface area contributed by atoms with Crippen molar-refractivity contribution < 1.29 is 18.7 Å². The van der Waals surface area contributed by atoms with Crippen LogP contribution < -0.4 is 0 Å². The van der Waals surface area contributed by atoms with Gasteiger partial charge in [-0.3, -0.25) is 4.79 Å². The van der Waals surface area contributed by atoms with Gasteiger partial charge in [-0.05, 0) is 6.92 Å². The molecule has 0 aliphatic carbocycles. The second kappa shape index (κ2) is 3.12. The number of ether oxygens (including phenoxy) is 1. The normalized spacial score (nSPS) is 12.2. The van der Waals surface area contributed by atoms with Crippen molar-refractivity contribution in [2.24, 2.45) is 0 Å². The molecule has 0 amide bonds. The average molecular weight is 120 g/mol. The van der Waals surface area contributed by atoms with Crippen molar-refractivity contribution in [1.29, 1.82) is 0 Å². The molecule has 0 spiro atoms. The molecule has 8 heavy (non-hydrogen) atoms. The van der Waals surface area contributed by atoms with E-state index >= 15 is 0 Å². The highest BCUT2D eigenvalue weighted by Gasteiger charge is 2.10. The Kier molecular flexibility index (Phi) is 2.76. The molecule has 0 aromatic rings. The van der Waals surface area contributed by atoms with E-state index in [1.165, 1.54) is 0 Å². The van der Waals surface area contributed by atoms with Crippen molar-refractivity contribution in [2.75, 3.05) is 0 Å². The van der Waals surface area contributed by atoms with Crippen molar-refractivity contribution >= 4 is 12.4 Å². The van der Waals surface area contributed by atoms with Gasteiger partial charge in [-0.15, -0.1) is 0 Å². The second-order valence-corrected chi connectivity index (χ2v) is 1.15. The fourth-order valence-corrected chi connectivity index (χ4v) is 0.141. The summed E-state index contributed by atoms with van der Waals surface area (Å²) in [6.07, 6.45) is -1.72. The quantitative estimate of drug-likeness (QED) is 0.293. The Morgan fingerprint density at radius 1 is 1.88 bits per heavy atom. The maximum absolute atomic E-state index is 11.6. The highest BCUT2D eigenvalue weighted by molar-refractivity contribution is 5.79. The Hall–Kier alpha value is -0.930. The molecule has 0 N–H and O–H groups in total. The molecule has 0 aromatic heterocycles. The smallest absolute Gasteiger partial charge is 0.347 e. The van der Waals surface area contributed by atoms with Crippen LogP contribution >= 0.6 is 0 Å². The molecule has 0 aliphatic rings. The van der Waals surface area contributed by atoms with E-state index in [4.69, 9.17) is 0 Å². The summed E-state index contributed by atoms with van der Waals surface area (Å²) in [5.74, 6) is -1.15. The Morgan fingerprint density at radius 3 is 2.50 bits per heavy atom. The van der Waals surface area contributed by atoms with Crippen molar-refractivity contribution in [3.8, 4) is 0 Å². The minimum atomic E-state index is -1.72. The molecule has 0 bridgehead atoms. The molecule has 0 aliphatic heterocycles. The van der Waals surface area contributed by atoms with E-state index in [0.717, 1.165) is 6.92 Å². The van der Waals surface area contributed by atoms with Gasteiger partial charge in [0.2, 0.25) is 0 Å². The van der Waals surface area contributed by atoms with Crippen LogP contribution in [0.1, 0.15) is 6.92 Å². The number of hydrogen-bond donors (Lipinski definition) is 0. The van der Waals surface area contributed by atoms with Crippen molar-refractivity contribution in [1.82, 2.24) is 0 Å². The minimum absolute atomic E-state index is 0.0988. The largest absolute Gasteiger partial charge is 0.393 e. The SMILES string of the molecule is C[C@H](F)C(=O)OC=O. The number of carbonyl (C=O) groups is 2. The van der Waals surface area contributed by atoms with E-state index in [0.29, 0.717) is 0 Å². The lowest BCUT2D eigenvalue weighted by atomic mass is 10.5. The van der Waals surface area contributed by atoms with Gasteiger partial charge in [0.25, 0.3) is 0 Å². The summed E-state index contributed by atoms with van der Waals surface area (Å²) >= 11 is 0. The van der Waals surface area contributed by atoms with Crippen LogP contribution in [0.2, 0.25) is 0 Å². The summed E-state index contributed by atoms with van der Waals surface area (Å²) in [4.78, 5) is 19.2. The highest BCUT2D eigenvalue weighted by Crippen LogP contribution is 1.88. The molecule has 0 saturated carbocycles. The molecule has 0 radical (unpaired) electrons. The van der Waals surface area contributed by atoms with Crippen LogP contribution in [-0.2, 0) is 14.3 Å². The Morgan fingerprint density at radius 2 is 2.38 bits per heavy atom. The van der Waals surface area contributed by atoms with Crippen LogP contribution in [0.3, 0.4) is 0 Å². The van der Waals surface area contributed by atoms with Crippen molar-refractivity contribution in [2.45, 2.75) is 13.1 Å². The zero-order valence-corrected chi connectivity index (χ0v) is 4.26. The Labute approximate surface area is 45.4 Å². The third-order valence-electron chi connectivity index (χ3n) is 0.489. The molecule has 0 unspecified atom stereocenters. The third kappa shape index (κ3) is 2.28. The van der Waals surface area contributed by atoms with Gasteiger partial charge in [0, 0.05) is 0 Å². The number of halogens is 1. The number of alkyl halides is 1. The van der Waals surface area contributed by atoms with Crippen molar-refractivity contribution in [3.63, 3.8) is 0 Å². The van der Waals surface area contributed by atoms with Crippen LogP contribution in [0.15, 0.2) is 0 Å². The van der Waals surface area contributed by atoms with Crippen LogP contribution in [0.25, 0.3) is 0 Å². The average Bonchev–Trinajstić information content (AvgIpc) is 1.67. The van der Waals surface area contributed by atoms with Crippen LogP contribution in [0.5, 0.6) is 0 Å². The maximum Gasteiger partial charge on any atom is 0.347 e. The van der Waals surface area contributed by atoms with Crippen LogP contribution in [0.4, 0.5) is 4.39 Å². The fraction of sp³-hybridized carbons (Fsp3) is 0.500. The zero-order valence-electron chi connectivity index (χ0n) is 4.26. The zero-order chi connectivity index (χ0) is 6.57. The van der Waals surface area contributed by atoms with Gasteiger partial charge >= 0.3 is 12.4 Å². The molecular formula is C4H5FO3. The predicted octanol–water partition coefficient (Wildman–Crippen LogP) is 0.0440. The number of carbonyl (C=O) groups excluding carboxylic acids is 2. The lowest BCUT2D eigenvalue weighted by Crippen LogP contribution is -2.13. The van der Waals surface area contributed by atoms with E-state index in [-0.39, 0.29) is 6.47 Å². The van der Waals surface area contributed by atoms with E-state index in [1.807, 2.05) is 0 Å². The highest BCUT2D eigenvalue weighted by atomic mass is 19.1. The molecule has 0 aromatic carbocycles. The minimum Gasteiger partial charge on any atom is -0.393 e. The maximum atomic E-state index is 11.6. The van der Waals surface area contributed by atoms with Crippen molar-refractivity contribution in [3.05, 3.63) is 0 Å². The molecule has 3 nitrogen and oxygen atoms in total. The predicted molar refractivity (Wildman–Crippen MR) is 22.7 cm³/mol. The molecule has 0 rings (SSSR count). The van der Waals surface area contributed by atoms with Gasteiger partial charge in [-0.1, -0.05) is 0 Å². The standard InChI is InChI=1S/C4H5FO3/c1-3(5)4(7)8-2-6/h2-3H,1H3/t3-/m0/s1. The van der Waals surface area contributed by atoms with Crippen LogP contribution in [-0.4, -0.2) is 18.6 Å². The van der Waals surface area contributed by atoms with Crippen LogP contribution in [0, 0.1) is 0 Å². The van der Waals surface area contributed by atoms with E-state index < -0.39 is 12.1 Å². The van der Waals surface area contributed by atoms with Gasteiger partial charge in [0.05, 0.1) is 0 Å². The first-order valence-electron chi connectivity index (χ1n) is 1.96. The molecule has 0 saturated heterocycles. The fourth-order valence-electron chi connectivity index (χ4n) is 0.141. The molecule has 0 fully saturated rings. The lowest BCUT2D eigenvalue weighted by molar-refractivity contribution is -0.155. The monoisotopic (exact) mass is 120 g/mol. The summed E-state index contributed by atoms with van der Waals surface area (Å²) in [5.41, 5.74) is 0. The first-order chi connectivity index (χ1) is 3.68. The summed E-state index contributed by atoms with van der Waals surface area (Å²) < 4.78 is 15.3. The number of rotatable bonds is 2. The van der Waals surface area contributed by atoms with E-state index in [2.05, 4.69) is 4.74 Å². The number of hydrogen-bond acceptors (Lipinski definition) is 3. The van der Waals surface area contributed by atoms with E-state index in [9.17, 15) is 14.0 Å². The van der Waals surface area contributed by atoms with Gasteiger partial charge in [0.15, 0.2) is 6.17 Å². The molecule has 46 valence electrons. The first-order valence-corrected chi connectivity index (χ1v) is 1.96. The first kappa shape index (κ1) is 7.07. The lowest BCUT2D eigenvalue weighted by Gasteiger charge is -1.93. The number of esters is 1. The van der Waals surface area contributed by atoms with Gasteiger partial charge < -0.3 is 4.74 Å². The summed E-state index contributed by atoms with van der Waals surface area (Å²) in [7, 11) is 0. The summed E-state index contributed by atoms with van der Waals surface area (Å²) in [6.45, 7) is 0.893.